The SMILES string of the molecule is CCCNC(=O)c1ccc(N2CCCCC2=O)cc1. The van der Waals surface area contributed by atoms with E-state index in [0.717, 1.165) is 31.5 Å². The molecule has 1 aromatic carbocycles. The molecule has 0 atom stereocenters. The lowest BCUT2D eigenvalue weighted by Crippen LogP contribution is -2.35. The Morgan fingerprint density at radius 2 is 2.00 bits per heavy atom. The first-order valence-corrected chi connectivity index (χ1v) is 6.91. The number of hydrogen-bond acceptors (Lipinski definition) is 2. The molecule has 0 unspecified atom stereocenters. The molecular formula is C15H20N2O2. The highest BCUT2D eigenvalue weighted by Gasteiger charge is 2.19. The van der Waals surface area contributed by atoms with E-state index in [9.17, 15) is 9.59 Å². The molecule has 1 saturated heterocycles. The molecule has 0 bridgehead atoms. The zero-order valence-corrected chi connectivity index (χ0v) is 11.3. The van der Waals surface area contributed by atoms with E-state index in [1.165, 1.54) is 0 Å². The largest absolute Gasteiger partial charge is 0.352 e. The third kappa shape index (κ3) is 3.34. The zero-order chi connectivity index (χ0) is 13.7. The average molecular weight is 260 g/mol. The maximum Gasteiger partial charge on any atom is 0.251 e. The number of carbonyl (C=O) groups is 2. The Morgan fingerprint density at radius 3 is 2.63 bits per heavy atom. The van der Waals surface area contributed by atoms with Gasteiger partial charge in [-0.3, -0.25) is 9.59 Å². The van der Waals surface area contributed by atoms with Gasteiger partial charge in [0.05, 0.1) is 0 Å². The number of amides is 2. The summed E-state index contributed by atoms with van der Waals surface area (Å²) < 4.78 is 0. The summed E-state index contributed by atoms with van der Waals surface area (Å²) in [6.07, 6.45) is 3.57. The molecule has 1 aliphatic rings. The predicted octanol–water partition coefficient (Wildman–Crippen LogP) is 2.34. The molecule has 0 saturated carbocycles. The molecule has 1 aliphatic heterocycles. The van der Waals surface area contributed by atoms with E-state index in [2.05, 4.69) is 5.32 Å². The fourth-order valence-corrected chi connectivity index (χ4v) is 2.21. The van der Waals surface area contributed by atoms with E-state index in [1.807, 2.05) is 19.1 Å². The molecular weight excluding hydrogens is 240 g/mol. The lowest BCUT2D eigenvalue weighted by Gasteiger charge is -2.26. The van der Waals surface area contributed by atoms with Crippen LogP contribution in [0.25, 0.3) is 0 Å². The molecule has 0 aliphatic carbocycles. The van der Waals surface area contributed by atoms with E-state index in [1.54, 1.807) is 17.0 Å². The number of nitrogens with one attached hydrogen (secondary N) is 1. The van der Waals surface area contributed by atoms with Gasteiger partial charge < -0.3 is 10.2 Å². The fourth-order valence-electron chi connectivity index (χ4n) is 2.21. The Morgan fingerprint density at radius 1 is 1.26 bits per heavy atom. The van der Waals surface area contributed by atoms with Crippen LogP contribution in [0.15, 0.2) is 24.3 Å². The molecule has 2 amide bonds. The van der Waals surface area contributed by atoms with Crippen molar-refractivity contribution in [2.24, 2.45) is 0 Å². The molecule has 2 rings (SSSR count). The van der Waals surface area contributed by atoms with Crippen molar-refractivity contribution in [1.82, 2.24) is 5.32 Å². The van der Waals surface area contributed by atoms with Crippen molar-refractivity contribution in [2.45, 2.75) is 32.6 Å². The quantitative estimate of drug-likeness (QED) is 0.903. The second-order valence-electron chi connectivity index (χ2n) is 4.81. The topological polar surface area (TPSA) is 49.4 Å². The summed E-state index contributed by atoms with van der Waals surface area (Å²) in [5.41, 5.74) is 1.53. The molecule has 19 heavy (non-hydrogen) atoms. The van der Waals surface area contributed by atoms with Crippen molar-refractivity contribution < 1.29 is 9.59 Å². The van der Waals surface area contributed by atoms with Crippen LogP contribution >= 0.6 is 0 Å². The van der Waals surface area contributed by atoms with E-state index in [4.69, 9.17) is 0 Å². The molecule has 4 heteroatoms. The molecule has 4 nitrogen and oxygen atoms in total. The van der Waals surface area contributed by atoms with E-state index in [-0.39, 0.29) is 11.8 Å². The first-order chi connectivity index (χ1) is 9.22. The van der Waals surface area contributed by atoms with Crippen molar-refractivity contribution in [2.75, 3.05) is 18.0 Å². The normalized spacial score (nSPS) is 15.4. The molecule has 0 radical (unpaired) electrons. The third-order valence-electron chi connectivity index (χ3n) is 3.30. The van der Waals surface area contributed by atoms with Crippen LogP contribution in [0.3, 0.4) is 0 Å². The van der Waals surface area contributed by atoms with Gasteiger partial charge in [-0.15, -0.1) is 0 Å². The van der Waals surface area contributed by atoms with Gasteiger partial charge in [-0.2, -0.15) is 0 Å². The lowest BCUT2D eigenvalue weighted by atomic mass is 10.1. The summed E-state index contributed by atoms with van der Waals surface area (Å²) >= 11 is 0. The van der Waals surface area contributed by atoms with E-state index in [0.29, 0.717) is 18.5 Å². The van der Waals surface area contributed by atoms with Crippen molar-refractivity contribution >= 4 is 17.5 Å². The number of piperidine rings is 1. The van der Waals surface area contributed by atoms with Crippen molar-refractivity contribution in [3.8, 4) is 0 Å². The summed E-state index contributed by atoms with van der Waals surface area (Å²) in [4.78, 5) is 25.4. The molecule has 1 fully saturated rings. The van der Waals surface area contributed by atoms with Gasteiger partial charge in [0.25, 0.3) is 5.91 Å². The number of rotatable bonds is 4. The van der Waals surface area contributed by atoms with Gasteiger partial charge in [0.2, 0.25) is 5.91 Å². The van der Waals surface area contributed by atoms with Gasteiger partial charge in [-0.1, -0.05) is 6.92 Å². The van der Waals surface area contributed by atoms with Crippen LogP contribution in [0, 0.1) is 0 Å². The van der Waals surface area contributed by atoms with Crippen LogP contribution in [-0.2, 0) is 4.79 Å². The second-order valence-corrected chi connectivity index (χ2v) is 4.81. The Balaban J connectivity index is 2.05. The molecule has 0 spiro atoms. The fraction of sp³-hybridized carbons (Fsp3) is 0.467. The number of nitrogens with zero attached hydrogens (tertiary/aromatic N) is 1. The zero-order valence-electron chi connectivity index (χ0n) is 11.3. The number of carbonyl (C=O) groups excluding carboxylic acids is 2. The van der Waals surface area contributed by atoms with Crippen LogP contribution in [-0.4, -0.2) is 24.9 Å². The smallest absolute Gasteiger partial charge is 0.251 e. The number of hydrogen-bond donors (Lipinski definition) is 1. The number of benzene rings is 1. The molecule has 1 heterocycles. The Kier molecular flexibility index (Phi) is 4.55. The first kappa shape index (κ1) is 13.6. The Labute approximate surface area is 113 Å². The molecule has 1 aromatic rings. The second kappa shape index (κ2) is 6.36. The van der Waals surface area contributed by atoms with Gasteiger partial charge in [0, 0.05) is 30.8 Å². The molecule has 102 valence electrons. The van der Waals surface area contributed by atoms with Crippen molar-refractivity contribution in [1.29, 1.82) is 0 Å². The minimum Gasteiger partial charge on any atom is -0.352 e. The van der Waals surface area contributed by atoms with Crippen molar-refractivity contribution in [3.63, 3.8) is 0 Å². The molecule has 0 aromatic heterocycles. The van der Waals surface area contributed by atoms with Crippen LogP contribution < -0.4 is 10.2 Å². The van der Waals surface area contributed by atoms with Gasteiger partial charge >= 0.3 is 0 Å². The minimum absolute atomic E-state index is 0.0571. The third-order valence-corrected chi connectivity index (χ3v) is 3.30. The maximum atomic E-state index is 11.8. The minimum atomic E-state index is -0.0571. The van der Waals surface area contributed by atoms with Crippen LogP contribution in [0.5, 0.6) is 0 Å². The monoisotopic (exact) mass is 260 g/mol. The highest BCUT2D eigenvalue weighted by molar-refractivity contribution is 5.96. The van der Waals surface area contributed by atoms with Gasteiger partial charge in [0.1, 0.15) is 0 Å². The van der Waals surface area contributed by atoms with Gasteiger partial charge in [0.15, 0.2) is 0 Å². The maximum absolute atomic E-state index is 11.8. The van der Waals surface area contributed by atoms with Crippen LogP contribution in [0.2, 0.25) is 0 Å². The standard InChI is InChI=1S/C15H20N2O2/c1-2-10-16-15(19)12-6-8-13(9-7-12)17-11-4-3-5-14(17)18/h6-9H,2-5,10-11H2,1H3,(H,16,19). The average Bonchev–Trinajstić information content (AvgIpc) is 2.45. The van der Waals surface area contributed by atoms with Gasteiger partial charge in [-0.25, -0.2) is 0 Å². The van der Waals surface area contributed by atoms with Gasteiger partial charge in [-0.05, 0) is 43.5 Å². The summed E-state index contributed by atoms with van der Waals surface area (Å²) in [5.74, 6) is 0.118. The summed E-state index contributed by atoms with van der Waals surface area (Å²) in [6, 6.07) is 7.26. The predicted molar refractivity (Wildman–Crippen MR) is 75.3 cm³/mol. The highest BCUT2D eigenvalue weighted by atomic mass is 16.2. The highest BCUT2D eigenvalue weighted by Crippen LogP contribution is 2.21. The summed E-state index contributed by atoms with van der Waals surface area (Å²) in [6.45, 7) is 3.48. The Bertz CT molecular complexity index is 454. The van der Waals surface area contributed by atoms with E-state index < -0.39 is 0 Å². The summed E-state index contributed by atoms with van der Waals surface area (Å²) in [7, 11) is 0. The lowest BCUT2D eigenvalue weighted by molar-refractivity contribution is -0.119. The Hall–Kier alpha value is -1.84. The summed E-state index contributed by atoms with van der Waals surface area (Å²) in [5, 5.41) is 2.84. The van der Waals surface area contributed by atoms with Crippen LogP contribution in [0.4, 0.5) is 5.69 Å². The first-order valence-electron chi connectivity index (χ1n) is 6.91. The number of anilines is 1. The van der Waals surface area contributed by atoms with Crippen molar-refractivity contribution in [3.05, 3.63) is 29.8 Å². The van der Waals surface area contributed by atoms with E-state index >= 15 is 0 Å². The van der Waals surface area contributed by atoms with Crippen LogP contribution in [0.1, 0.15) is 43.0 Å². The molecule has 1 N–H and O–H groups in total.